The molecule has 6 nitrogen and oxygen atoms in total. The van der Waals surface area contributed by atoms with E-state index in [1.165, 1.54) is 12.1 Å². The van der Waals surface area contributed by atoms with Crippen molar-refractivity contribution in [3.8, 4) is 5.75 Å². The molecule has 0 saturated carbocycles. The number of amides is 1. The summed E-state index contributed by atoms with van der Waals surface area (Å²) in [4.78, 5) is 11.3. The van der Waals surface area contributed by atoms with E-state index in [1.807, 2.05) is 0 Å². The van der Waals surface area contributed by atoms with Gasteiger partial charge in [-0.2, -0.15) is 21.6 Å². The molecule has 0 radical (unpaired) electrons. The van der Waals surface area contributed by atoms with Crippen LogP contribution in [0.15, 0.2) is 36.4 Å². The average Bonchev–Trinajstić information content (AvgIpc) is 2.86. The molecule has 3 rings (SSSR count). The van der Waals surface area contributed by atoms with E-state index in [0.29, 0.717) is 10.8 Å². The molecular weight excluding hydrogens is 363 g/mol. The van der Waals surface area contributed by atoms with Gasteiger partial charge in [0, 0.05) is 0 Å². The number of hydrogen-bond donors (Lipinski definition) is 1. The van der Waals surface area contributed by atoms with Crippen LogP contribution in [0.25, 0.3) is 10.8 Å². The number of hydrogen-bond acceptors (Lipinski definition) is 5. The maximum atomic E-state index is 12.4. The first-order chi connectivity index (χ1) is 11.5. The number of fused-ring (bicyclic) bond motifs is 1. The first kappa shape index (κ1) is 17.3. The lowest BCUT2D eigenvalue weighted by Crippen LogP contribution is -2.37. The average molecular weight is 375 g/mol. The van der Waals surface area contributed by atoms with Crippen LogP contribution in [-0.2, 0) is 20.4 Å². The zero-order valence-corrected chi connectivity index (χ0v) is 13.6. The number of carbonyl (C=O) groups is 1. The van der Waals surface area contributed by atoms with Gasteiger partial charge in [-0.1, -0.05) is 18.2 Å². The first-order valence-corrected chi connectivity index (χ1v) is 8.41. The number of nitrogens with one attached hydrogen (secondary N) is 1. The Balaban J connectivity index is 1.93. The Morgan fingerprint density at radius 3 is 2.40 bits per heavy atom. The summed E-state index contributed by atoms with van der Waals surface area (Å²) in [5.74, 6) is -0.443. The molecule has 1 aliphatic rings. The highest BCUT2D eigenvalue weighted by atomic mass is 32.2. The Labute approximate surface area is 140 Å². The lowest BCUT2D eigenvalue weighted by atomic mass is 9.91. The molecule has 0 bridgehead atoms. The predicted molar refractivity (Wildman–Crippen MR) is 81.4 cm³/mol. The fourth-order valence-corrected chi connectivity index (χ4v) is 2.91. The second-order valence-corrected chi connectivity index (χ2v) is 7.28. The van der Waals surface area contributed by atoms with Crippen LogP contribution in [0.3, 0.4) is 0 Å². The van der Waals surface area contributed by atoms with Crippen molar-refractivity contribution in [2.45, 2.75) is 18.0 Å². The fraction of sp³-hybridized carbons (Fsp3) is 0.267. The number of halogens is 3. The molecule has 1 fully saturated rings. The van der Waals surface area contributed by atoms with Gasteiger partial charge in [-0.25, -0.2) is 4.79 Å². The van der Waals surface area contributed by atoms with Gasteiger partial charge < -0.3 is 14.2 Å². The summed E-state index contributed by atoms with van der Waals surface area (Å²) in [6, 6.07) is 8.73. The summed E-state index contributed by atoms with van der Waals surface area (Å²) in [6.07, 6.45) is -0.538. The van der Waals surface area contributed by atoms with E-state index in [9.17, 15) is 26.4 Å². The summed E-state index contributed by atoms with van der Waals surface area (Å²) < 4.78 is 68.2. The molecule has 1 saturated heterocycles. The fourth-order valence-electron chi connectivity index (χ4n) is 2.46. The quantitative estimate of drug-likeness (QED) is 0.659. The molecule has 2 aromatic carbocycles. The van der Waals surface area contributed by atoms with Gasteiger partial charge in [0.05, 0.1) is 5.54 Å². The topological polar surface area (TPSA) is 81.7 Å². The molecule has 1 amide bonds. The number of carbonyl (C=O) groups excluding carboxylic acids is 1. The molecular formula is C15H12F3NO5S. The highest BCUT2D eigenvalue weighted by molar-refractivity contribution is 7.88. The number of rotatable bonds is 3. The highest BCUT2D eigenvalue weighted by Crippen LogP contribution is 2.32. The van der Waals surface area contributed by atoms with Crippen LogP contribution in [0.4, 0.5) is 18.0 Å². The molecule has 1 unspecified atom stereocenters. The molecule has 0 spiro atoms. The zero-order chi connectivity index (χ0) is 18.5. The van der Waals surface area contributed by atoms with Crippen molar-refractivity contribution < 1.29 is 35.3 Å². The van der Waals surface area contributed by atoms with Crippen LogP contribution in [0.5, 0.6) is 5.75 Å². The van der Waals surface area contributed by atoms with Gasteiger partial charge in [0.1, 0.15) is 12.4 Å². The SMILES string of the molecule is CC1(c2ccc3cc(OS(=O)(=O)C(F)(F)F)ccc3c2)COC(=O)N1. The van der Waals surface area contributed by atoms with E-state index < -0.39 is 33.0 Å². The molecule has 1 atom stereocenters. The van der Waals surface area contributed by atoms with Gasteiger partial charge >= 0.3 is 21.7 Å². The summed E-state index contributed by atoms with van der Waals surface area (Å²) in [5.41, 5.74) is -5.48. The third-order valence-corrected chi connectivity index (χ3v) is 4.79. The van der Waals surface area contributed by atoms with Gasteiger partial charge in [0.15, 0.2) is 0 Å². The van der Waals surface area contributed by atoms with Gasteiger partial charge in [-0.3, -0.25) is 0 Å². The monoisotopic (exact) mass is 375 g/mol. The Kier molecular flexibility index (Phi) is 3.82. The molecule has 1 heterocycles. The van der Waals surface area contributed by atoms with Crippen molar-refractivity contribution in [1.82, 2.24) is 5.32 Å². The van der Waals surface area contributed by atoms with Crippen molar-refractivity contribution in [2.75, 3.05) is 6.61 Å². The van der Waals surface area contributed by atoms with E-state index in [1.54, 1.807) is 25.1 Å². The third-order valence-electron chi connectivity index (χ3n) is 3.81. The van der Waals surface area contributed by atoms with Crippen molar-refractivity contribution >= 4 is 27.0 Å². The van der Waals surface area contributed by atoms with Crippen LogP contribution in [0.1, 0.15) is 12.5 Å². The van der Waals surface area contributed by atoms with E-state index in [0.717, 1.165) is 11.6 Å². The summed E-state index contributed by atoms with van der Waals surface area (Å²) >= 11 is 0. The van der Waals surface area contributed by atoms with Gasteiger partial charge in [0.2, 0.25) is 0 Å². The molecule has 0 aliphatic carbocycles. The van der Waals surface area contributed by atoms with Crippen LogP contribution in [-0.4, -0.2) is 26.6 Å². The normalized spacial score (nSPS) is 21.0. The zero-order valence-electron chi connectivity index (χ0n) is 12.8. The number of cyclic esters (lactones) is 1. The maximum Gasteiger partial charge on any atom is 0.534 e. The van der Waals surface area contributed by atoms with Crippen molar-refractivity contribution in [3.05, 3.63) is 42.0 Å². The molecule has 2 aromatic rings. The van der Waals surface area contributed by atoms with Gasteiger partial charge in [-0.15, -0.1) is 0 Å². The van der Waals surface area contributed by atoms with E-state index in [4.69, 9.17) is 4.74 Å². The van der Waals surface area contributed by atoms with Crippen LogP contribution in [0, 0.1) is 0 Å². The number of ether oxygens (including phenoxy) is 1. The summed E-state index contributed by atoms with van der Waals surface area (Å²) in [7, 11) is -5.72. The van der Waals surface area contributed by atoms with E-state index in [-0.39, 0.29) is 6.61 Å². The minimum Gasteiger partial charge on any atom is -0.447 e. The Morgan fingerprint density at radius 1 is 1.16 bits per heavy atom. The summed E-state index contributed by atoms with van der Waals surface area (Å²) in [6.45, 7) is 1.91. The number of alkyl halides is 3. The minimum absolute atomic E-state index is 0.141. The van der Waals surface area contributed by atoms with Crippen molar-refractivity contribution in [3.63, 3.8) is 0 Å². The first-order valence-electron chi connectivity index (χ1n) is 7.00. The predicted octanol–water partition coefficient (Wildman–Crippen LogP) is 3.02. The summed E-state index contributed by atoms with van der Waals surface area (Å²) in [5, 5.41) is 3.80. The Bertz CT molecular complexity index is 957. The molecule has 134 valence electrons. The maximum absolute atomic E-state index is 12.4. The van der Waals surface area contributed by atoms with Crippen LogP contribution in [0.2, 0.25) is 0 Å². The smallest absolute Gasteiger partial charge is 0.447 e. The van der Waals surface area contributed by atoms with Crippen LogP contribution >= 0.6 is 0 Å². The molecule has 1 N–H and O–H groups in total. The molecule has 25 heavy (non-hydrogen) atoms. The largest absolute Gasteiger partial charge is 0.534 e. The van der Waals surface area contributed by atoms with Gasteiger partial charge in [-0.05, 0) is 41.5 Å². The second kappa shape index (κ2) is 5.51. The lowest BCUT2D eigenvalue weighted by Gasteiger charge is -2.22. The van der Waals surface area contributed by atoms with Crippen molar-refractivity contribution in [2.24, 2.45) is 0 Å². The Morgan fingerprint density at radius 2 is 1.80 bits per heavy atom. The van der Waals surface area contributed by atoms with Crippen molar-refractivity contribution in [1.29, 1.82) is 0 Å². The number of benzene rings is 2. The van der Waals surface area contributed by atoms with Gasteiger partial charge in [0.25, 0.3) is 0 Å². The second-order valence-electron chi connectivity index (χ2n) is 5.74. The van der Waals surface area contributed by atoms with E-state index in [2.05, 4.69) is 9.50 Å². The molecule has 10 heteroatoms. The Hall–Kier alpha value is -2.49. The molecule has 1 aliphatic heterocycles. The number of alkyl carbamates (subject to hydrolysis) is 1. The van der Waals surface area contributed by atoms with Crippen LogP contribution < -0.4 is 9.50 Å². The highest BCUT2D eigenvalue weighted by Gasteiger charge is 2.48. The standard InChI is InChI=1S/C15H12F3NO5S/c1-14(8-23-13(20)19-14)11-4-2-10-7-12(5-3-9(10)6-11)24-25(21,22)15(16,17)18/h2-7H,8H2,1H3,(H,19,20). The lowest BCUT2D eigenvalue weighted by molar-refractivity contribution is -0.0500. The van der Waals surface area contributed by atoms with E-state index >= 15 is 0 Å². The molecule has 0 aromatic heterocycles. The third kappa shape index (κ3) is 3.21. The minimum atomic E-state index is -5.72.